The quantitative estimate of drug-likeness (QED) is 0.689. The fourth-order valence-corrected chi connectivity index (χ4v) is 3.99. The van der Waals surface area contributed by atoms with Crippen molar-refractivity contribution < 1.29 is 13.2 Å². The van der Waals surface area contributed by atoms with Crippen LogP contribution in [0.3, 0.4) is 0 Å². The highest BCUT2D eigenvalue weighted by molar-refractivity contribution is 7.90. The molecule has 2 aromatic rings. The number of benzene rings is 2. The zero-order valence-corrected chi connectivity index (χ0v) is 17.0. The second-order valence-corrected chi connectivity index (χ2v) is 8.56. The van der Waals surface area contributed by atoms with Crippen LogP contribution in [-0.2, 0) is 14.8 Å². The molecule has 1 heterocycles. The maximum absolute atomic E-state index is 12.5. The highest BCUT2D eigenvalue weighted by Gasteiger charge is 2.18. The van der Waals surface area contributed by atoms with Crippen molar-refractivity contribution in [1.82, 2.24) is 4.72 Å². The Morgan fingerprint density at radius 1 is 1.11 bits per heavy atom. The summed E-state index contributed by atoms with van der Waals surface area (Å²) < 4.78 is 27.4. The first-order valence-corrected chi connectivity index (χ1v) is 10.7. The van der Waals surface area contributed by atoms with E-state index < -0.39 is 15.9 Å². The lowest BCUT2D eigenvalue weighted by Gasteiger charge is -2.09. The second-order valence-electron chi connectivity index (χ2n) is 6.06. The standard InChI is InChI=1S/C19H17Cl2N3O3S/c20-16-8-6-13(11-17(16)21)7-9-19(25)23-14-3-1-4-15(12-14)28(26,27)24-18-5-2-10-22-18/h1,3-4,6-9,11-12H,2,5,10H2,(H,22,24)(H,23,25). The van der Waals surface area contributed by atoms with Crippen LogP contribution in [0.2, 0.25) is 10.0 Å². The molecule has 1 aliphatic heterocycles. The monoisotopic (exact) mass is 437 g/mol. The minimum Gasteiger partial charge on any atom is -0.322 e. The average molecular weight is 438 g/mol. The fourth-order valence-electron chi connectivity index (χ4n) is 2.55. The Hall–Kier alpha value is -2.35. The number of amides is 1. The van der Waals surface area contributed by atoms with E-state index in [1.54, 1.807) is 36.4 Å². The molecule has 0 bridgehead atoms. The third-order valence-electron chi connectivity index (χ3n) is 3.91. The molecule has 0 saturated heterocycles. The van der Waals surface area contributed by atoms with Gasteiger partial charge in [-0.25, -0.2) is 8.42 Å². The van der Waals surface area contributed by atoms with Gasteiger partial charge < -0.3 is 5.32 Å². The Labute approximate surface area is 173 Å². The molecular weight excluding hydrogens is 421 g/mol. The molecular formula is C19H17Cl2N3O3S. The lowest BCUT2D eigenvalue weighted by molar-refractivity contribution is -0.111. The van der Waals surface area contributed by atoms with Gasteiger partial charge in [-0.3, -0.25) is 14.5 Å². The van der Waals surface area contributed by atoms with E-state index in [4.69, 9.17) is 23.2 Å². The summed E-state index contributed by atoms with van der Waals surface area (Å²) in [5, 5.41) is 3.46. The number of carbonyl (C=O) groups is 1. The predicted molar refractivity (Wildman–Crippen MR) is 112 cm³/mol. The predicted octanol–water partition coefficient (Wildman–Crippen LogP) is 4.12. The SMILES string of the molecule is O=C(C=Cc1ccc(Cl)c(Cl)c1)Nc1cccc(S(=O)(=O)NC2=NCCC2)c1. The van der Waals surface area contributed by atoms with Gasteiger partial charge in [0, 0.05) is 24.7 Å². The van der Waals surface area contributed by atoms with Crippen molar-refractivity contribution in [3.63, 3.8) is 0 Å². The van der Waals surface area contributed by atoms with Crippen molar-refractivity contribution in [3.05, 3.63) is 64.1 Å². The number of rotatable bonds is 5. The third-order valence-corrected chi connectivity index (χ3v) is 6.03. The molecule has 0 atom stereocenters. The molecule has 28 heavy (non-hydrogen) atoms. The number of nitrogens with zero attached hydrogens (tertiary/aromatic N) is 1. The molecule has 6 nitrogen and oxygen atoms in total. The molecule has 0 aliphatic carbocycles. The lowest BCUT2D eigenvalue weighted by atomic mass is 10.2. The smallest absolute Gasteiger partial charge is 0.262 e. The van der Waals surface area contributed by atoms with E-state index in [0.29, 0.717) is 40.1 Å². The van der Waals surface area contributed by atoms with Crippen LogP contribution >= 0.6 is 23.2 Å². The Morgan fingerprint density at radius 3 is 2.64 bits per heavy atom. The Kier molecular flexibility index (Phi) is 6.39. The number of halogens is 2. The van der Waals surface area contributed by atoms with E-state index in [0.717, 1.165) is 6.42 Å². The Bertz CT molecular complexity index is 1070. The van der Waals surface area contributed by atoms with Crippen LogP contribution in [0.4, 0.5) is 5.69 Å². The van der Waals surface area contributed by atoms with Crippen molar-refractivity contribution in [2.75, 3.05) is 11.9 Å². The van der Waals surface area contributed by atoms with Gasteiger partial charge in [-0.1, -0.05) is 35.3 Å². The molecule has 9 heteroatoms. The number of nitrogens with one attached hydrogen (secondary N) is 2. The maximum atomic E-state index is 12.5. The first-order chi connectivity index (χ1) is 13.3. The number of anilines is 1. The summed E-state index contributed by atoms with van der Waals surface area (Å²) in [6.45, 7) is 0.624. The van der Waals surface area contributed by atoms with Crippen molar-refractivity contribution in [2.45, 2.75) is 17.7 Å². The molecule has 1 aliphatic rings. The molecule has 2 N–H and O–H groups in total. The van der Waals surface area contributed by atoms with Gasteiger partial charge in [-0.2, -0.15) is 0 Å². The molecule has 0 saturated carbocycles. The van der Waals surface area contributed by atoms with E-state index in [1.807, 2.05) is 0 Å². The zero-order valence-electron chi connectivity index (χ0n) is 14.7. The summed E-state index contributed by atoms with van der Waals surface area (Å²) in [5.74, 6) is 0.0488. The lowest BCUT2D eigenvalue weighted by Crippen LogP contribution is -2.29. The van der Waals surface area contributed by atoms with Crippen LogP contribution in [0.25, 0.3) is 6.08 Å². The van der Waals surface area contributed by atoms with E-state index in [1.165, 1.54) is 18.2 Å². The number of carbonyl (C=O) groups excluding carboxylic acids is 1. The second kappa shape index (κ2) is 8.77. The topological polar surface area (TPSA) is 87.6 Å². The van der Waals surface area contributed by atoms with Crippen molar-refractivity contribution in [3.8, 4) is 0 Å². The zero-order chi connectivity index (χ0) is 20.1. The number of hydrogen-bond acceptors (Lipinski definition) is 4. The van der Waals surface area contributed by atoms with Gasteiger partial charge in [-0.15, -0.1) is 0 Å². The molecule has 0 spiro atoms. The first kappa shape index (κ1) is 20.4. The van der Waals surface area contributed by atoms with E-state index in [9.17, 15) is 13.2 Å². The van der Waals surface area contributed by atoms with Crippen LogP contribution in [0, 0.1) is 0 Å². The van der Waals surface area contributed by atoms with Gasteiger partial charge in [0.2, 0.25) is 5.91 Å². The van der Waals surface area contributed by atoms with Gasteiger partial charge in [-0.05, 0) is 48.4 Å². The van der Waals surface area contributed by atoms with Gasteiger partial charge in [0.1, 0.15) is 5.84 Å². The van der Waals surface area contributed by atoms with Crippen molar-refractivity contribution in [1.29, 1.82) is 0 Å². The average Bonchev–Trinajstić information content (AvgIpc) is 3.15. The highest BCUT2D eigenvalue weighted by atomic mass is 35.5. The number of amidine groups is 1. The molecule has 3 rings (SSSR count). The first-order valence-electron chi connectivity index (χ1n) is 8.44. The largest absolute Gasteiger partial charge is 0.322 e. The van der Waals surface area contributed by atoms with Gasteiger partial charge in [0.25, 0.3) is 10.0 Å². The third kappa shape index (κ3) is 5.34. The van der Waals surface area contributed by atoms with Gasteiger partial charge >= 0.3 is 0 Å². The van der Waals surface area contributed by atoms with Crippen molar-refractivity contribution in [2.24, 2.45) is 4.99 Å². The molecule has 146 valence electrons. The molecule has 0 fully saturated rings. The Morgan fingerprint density at radius 2 is 1.93 bits per heavy atom. The molecule has 0 radical (unpaired) electrons. The summed E-state index contributed by atoms with van der Waals surface area (Å²) in [5.41, 5.74) is 1.07. The van der Waals surface area contributed by atoms with Crippen LogP contribution < -0.4 is 10.0 Å². The minimum absolute atomic E-state index is 0.0494. The van der Waals surface area contributed by atoms with Crippen LogP contribution in [0.1, 0.15) is 18.4 Å². The van der Waals surface area contributed by atoms with E-state index in [-0.39, 0.29) is 4.90 Å². The van der Waals surface area contributed by atoms with Gasteiger partial charge in [0.15, 0.2) is 0 Å². The molecule has 0 aromatic heterocycles. The normalized spacial score (nSPS) is 14.1. The highest BCUT2D eigenvalue weighted by Crippen LogP contribution is 2.23. The van der Waals surface area contributed by atoms with E-state index in [2.05, 4.69) is 15.0 Å². The summed E-state index contributed by atoms with van der Waals surface area (Å²) >= 11 is 11.8. The van der Waals surface area contributed by atoms with Crippen LogP contribution in [0.5, 0.6) is 0 Å². The van der Waals surface area contributed by atoms with Crippen molar-refractivity contribution >= 4 is 56.7 Å². The van der Waals surface area contributed by atoms with Crippen LogP contribution in [-0.4, -0.2) is 26.7 Å². The molecule has 1 amide bonds. The Balaban J connectivity index is 1.69. The number of aliphatic imine (C=N–C) groups is 1. The molecule has 2 aromatic carbocycles. The van der Waals surface area contributed by atoms with Gasteiger partial charge in [0.05, 0.1) is 14.9 Å². The molecule has 0 unspecified atom stereocenters. The fraction of sp³-hybridized carbons (Fsp3) is 0.158. The minimum atomic E-state index is -3.74. The summed E-state index contributed by atoms with van der Waals surface area (Å²) in [4.78, 5) is 16.3. The number of hydrogen-bond donors (Lipinski definition) is 2. The van der Waals surface area contributed by atoms with Crippen LogP contribution in [0.15, 0.2) is 58.4 Å². The summed E-state index contributed by atoms with van der Waals surface area (Å²) in [6, 6.07) is 11.0. The summed E-state index contributed by atoms with van der Waals surface area (Å²) in [6.07, 6.45) is 4.35. The van der Waals surface area contributed by atoms with E-state index >= 15 is 0 Å². The maximum Gasteiger partial charge on any atom is 0.262 e. The summed E-state index contributed by atoms with van der Waals surface area (Å²) in [7, 11) is -3.74. The number of sulfonamides is 1.